The number of rotatable bonds is 9. The number of carbonyl (C=O) groups is 1. The number of hydrogen-bond donors (Lipinski definition) is 2. The molecule has 0 saturated carbocycles. The summed E-state index contributed by atoms with van der Waals surface area (Å²) < 4.78 is 0. The summed E-state index contributed by atoms with van der Waals surface area (Å²) in [6.07, 6.45) is 0.982. The number of hydrogen-bond acceptors (Lipinski definition) is 7. The van der Waals surface area contributed by atoms with E-state index in [9.17, 15) is 15.3 Å². The number of thioether (sulfide) groups is 1. The van der Waals surface area contributed by atoms with Crippen LogP contribution in [-0.2, 0) is 11.2 Å². The number of nitriles is 2. The minimum Gasteiger partial charge on any atom is -0.396 e. The highest BCUT2D eigenvalue weighted by Gasteiger charge is 2.26. The molecular formula is C21H23N5O2S. The fraction of sp³-hybridized carbons (Fsp3) is 0.333. The maximum atomic E-state index is 12.1. The monoisotopic (exact) mass is 409 g/mol. The number of anilines is 1. The van der Waals surface area contributed by atoms with Gasteiger partial charge in [-0.3, -0.25) is 4.79 Å². The smallest absolute Gasteiger partial charge is 0.235 e. The van der Waals surface area contributed by atoms with Gasteiger partial charge in [-0.1, -0.05) is 49.0 Å². The molecule has 2 aromatic rings. The molecule has 3 N–H and O–H groups in total. The Morgan fingerprint density at radius 2 is 1.93 bits per heavy atom. The molecule has 8 heteroatoms. The summed E-state index contributed by atoms with van der Waals surface area (Å²) in [6, 6.07) is 13.4. The maximum absolute atomic E-state index is 12.1. The number of amides is 1. The lowest BCUT2D eigenvalue weighted by molar-refractivity contribution is -0.117. The first kappa shape index (κ1) is 22.2. The van der Waals surface area contributed by atoms with Gasteiger partial charge in [0.1, 0.15) is 28.2 Å². The molecule has 0 fully saturated rings. The van der Waals surface area contributed by atoms with Crippen LogP contribution in [0.25, 0.3) is 0 Å². The van der Waals surface area contributed by atoms with E-state index in [1.54, 1.807) is 24.1 Å². The van der Waals surface area contributed by atoms with Crippen LogP contribution < -0.4 is 10.6 Å². The van der Waals surface area contributed by atoms with Crippen LogP contribution in [0.15, 0.2) is 35.4 Å². The Morgan fingerprint density at radius 1 is 1.28 bits per heavy atom. The van der Waals surface area contributed by atoms with Crippen molar-refractivity contribution in [3.8, 4) is 12.1 Å². The highest BCUT2D eigenvalue weighted by Crippen LogP contribution is 2.39. The standard InChI is InChI=1S/C21H23N5O2S/c1-3-15-16(12-22)20(26(2)10-7-11-27)25-21(17(15)13-23)29-18(19(24)28)14-8-5-4-6-9-14/h4-6,8-9,18,27H,3,7,10-11H2,1-2H3,(H2,24,28)/t18-/m1/s1. The van der Waals surface area contributed by atoms with Gasteiger partial charge in [-0.15, -0.1) is 0 Å². The van der Waals surface area contributed by atoms with Gasteiger partial charge in [-0.05, 0) is 24.0 Å². The molecule has 150 valence electrons. The van der Waals surface area contributed by atoms with Crippen LogP contribution in [0.4, 0.5) is 5.82 Å². The van der Waals surface area contributed by atoms with Crippen molar-refractivity contribution in [3.63, 3.8) is 0 Å². The van der Waals surface area contributed by atoms with E-state index in [1.165, 1.54) is 0 Å². The second kappa shape index (κ2) is 10.5. The zero-order chi connectivity index (χ0) is 21.4. The number of pyridine rings is 1. The number of aliphatic hydroxyl groups is 1. The molecule has 2 rings (SSSR count). The number of carbonyl (C=O) groups excluding carboxylic acids is 1. The lowest BCUT2D eigenvalue weighted by atomic mass is 10.0. The van der Waals surface area contributed by atoms with E-state index in [-0.39, 0.29) is 12.2 Å². The molecule has 0 unspecified atom stereocenters. The number of primary amides is 1. The summed E-state index contributed by atoms with van der Waals surface area (Å²) in [7, 11) is 1.78. The summed E-state index contributed by atoms with van der Waals surface area (Å²) in [5.74, 6) is -0.111. The third-order valence-electron chi connectivity index (χ3n) is 4.43. The number of benzene rings is 1. The zero-order valence-corrected chi connectivity index (χ0v) is 17.2. The minimum absolute atomic E-state index is 0.0164. The Bertz CT molecular complexity index is 950. The third kappa shape index (κ3) is 5.05. The van der Waals surface area contributed by atoms with Gasteiger partial charge < -0.3 is 15.7 Å². The molecule has 0 aliphatic heterocycles. The first-order valence-electron chi connectivity index (χ1n) is 9.18. The van der Waals surface area contributed by atoms with E-state index in [0.29, 0.717) is 46.9 Å². The van der Waals surface area contributed by atoms with Crippen molar-refractivity contribution in [1.29, 1.82) is 10.5 Å². The van der Waals surface area contributed by atoms with Gasteiger partial charge in [0, 0.05) is 20.2 Å². The van der Waals surface area contributed by atoms with Crippen LogP contribution in [0.5, 0.6) is 0 Å². The maximum Gasteiger partial charge on any atom is 0.235 e. The van der Waals surface area contributed by atoms with E-state index < -0.39 is 11.2 Å². The average Bonchev–Trinajstić information content (AvgIpc) is 2.74. The van der Waals surface area contributed by atoms with Crippen molar-refractivity contribution in [1.82, 2.24) is 4.98 Å². The van der Waals surface area contributed by atoms with Crippen molar-refractivity contribution in [2.24, 2.45) is 5.73 Å². The summed E-state index contributed by atoms with van der Waals surface area (Å²) in [5, 5.41) is 28.2. The summed E-state index contributed by atoms with van der Waals surface area (Å²) >= 11 is 1.11. The Labute approximate surface area is 174 Å². The van der Waals surface area contributed by atoms with E-state index in [0.717, 1.165) is 11.8 Å². The summed E-state index contributed by atoms with van der Waals surface area (Å²) in [6.45, 7) is 2.38. The molecule has 1 amide bonds. The Kier molecular flexibility index (Phi) is 8.02. The molecule has 29 heavy (non-hydrogen) atoms. The lowest BCUT2D eigenvalue weighted by Gasteiger charge is -2.23. The fourth-order valence-corrected chi connectivity index (χ4v) is 4.05. The van der Waals surface area contributed by atoms with Crippen molar-refractivity contribution in [2.75, 3.05) is 25.1 Å². The third-order valence-corrected chi connectivity index (χ3v) is 5.69. The van der Waals surface area contributed by atoms with E-state index in [4.69, 9.17) is 10.8 Å². The van der Waals surface area contributed by atoms with E-state index in [2.05, 4.69) is 17.1 Å². The fourth-order valence-electron chi connectivity index (χ4n) is 2.99. The van der Waals surface area contributed by atoms with E-state index in [1.807, 2.05) is 25.1 Å². The molecule has 1 atom stereocenters. The Balaban J connectivity index is 2.62. The molecule has 0 bridgehead atoms. The van der Waals surface area contributed by atoms with Gasteiger partial charge in [-0.25, -0.2) is 4.98 Å². The van der Waals surface area contributed by atoms with Gasteiger partial charge in [0.2, 0.25) is 5.91 Å². The van der Waals surface area contributed by atoms with Crippen LogP contribution in [0.1, 0.15) is 40.8 Å². The molecular weight excluding hydrogens is 386 g/mol. The second-order valence-corrected chi connectivity index (χ2v) is 7.45. The predicted molar refractivity (Wildman–Crippen MR) is 112 cm³/mol. The predicted octanol–water partition coefficient (Wildman–Crippen LogP) is 2.52. The van der Waals surface area contributed by atoms with Crippen LogP contribution >= 0.6 is 11.8 Å². The molecule has 1 heterocycles. The van der Waals surface area contributed by atoms with Gasteiger partial charge in [-0.2, -0.15) is 10.5 Å². The molecule has 7 nitrogen and oxygen atoms in total. The lowest BCUT2D eigenvalue weighted by Crippen LogP contribution is -2.23. The quantitative estimate of drug-likeness (QED) is 0.609. The average molecular weight is 410 g/mol. The largest absolute Gasteiger partial charge is 0.396 e. The molecule has 0 aliphatic rings. The van der Waals surface area contributed by atoms with Gasteiger partial charge in [0.25, 0.3) is 0 Å². The first-order valence-corrected chi connectivity index (χ1v) is 10.1. The van der Waals surface area contributed by atoms with Gasteiger partial charge >= 0.3 is 0 Å². The summed E-state index contributed by atoms with van der Waals surface area (Å²) in [4.78, 5) is 18.5. The number of aliphatic hydroxyl groups excluding tert-OH is 1. The SMILES string of the molecule is CCc1c(C#N)c(S[C@@H](C(N)=O)c2ccccc2)nc(N(C)CCCO)c1C#N. The topological polar surface area (TPSA) is 127 Å². The summed E-state index contributed by atoms with van der Waals surface area (Å²) in [5.41, 5.74) is 7.57. The molecule has 1 aromatic heterocycles. The van der Waals surface area contributed by atoms with Crippen molar-refractivity contribution in [2.45, 2.75) is 30.0 Å². The van der Waals surface area contributed by atoms with Crippen LogP contribution in [0.2, 0.25) is 0 Å². The Morgan fingerprint density at radius 3 is 2.45 bits per heavy atom. The molecule has 0 spiro atoms. The Hall–Kier alpha value is -3.07. The van der Waals surface area contributed by atoms with Crippen molar-refractivity contribution < 1.29 is 9.90 Å². The van der Waals surface area contributed by atoms with E-state index >= 15 is 0 Å². The number of aromatic nitrogens is 1. The molecule has 0 aliphatic carbocycles. The highest BCUT2D eigenvalue weighted by molar-refractivity contribution is 8.00. The first-order chi connectivity index (χ1) is 14.0. The van der Waals surface area contributed by atoms with Gasteiger partial charge in [0.05, 0.1) is 11.1 Å². The minimum atomic E-state index is -0.718. The number of nitrogens with zero attached hydrogens (tertiary/aromatic N) is 4. The number of nitrogens with two attached hydrogens (primary N) is 1. The van der Waals surface area contributed by atoms with Crippen LogP contribution in [0, 0.1) is 22.7 Å². The van der Waals surface area contributed by atoms with Crippen LogP contribution in [0.3, 0.4) is 0 Å². The van der Waals surface area contributed by atoms with Crippen molar-refractivity contribution >= 4 is 23.5 Å². The molecule has 1 aromatic carbocycles. The molecule has 0 radical (unpaired) electrons. The second-order valence-electron chi connectivity index (χ2n) is 6.36. The molecule has 0 saturated heterocycles. The van der Waals surface area contributed by atoms with Gasteiger partial charge in [0.15, 0.2) is 0 Å². The highest BCUT2D eigenvalue weighted by atomic mass is 32.2. The zero-order valence-electron chi connectivity index (χ0n) is 16.4. The normalized spacial score (nSPS) is 11.3. The van der Waals surface area contributed by atoms with Crippen LogP contribution in [-0.4, -0.2) is 36.2 Å². The van der Waals surface area contributed by atoms with Crippen molar-refractivity contribution in [3.05, 3.63) is 52.6 Å².